The van der Waals surface area contributed by atoms with Crippen LogP contribution in [0.4, 0.5) is 0 Å². The van der Waals surface area contributed by atoms with Crippen LogP contribution in [0.5, 0.6) is 5.75 Å². The van der Waals surface area contributed by atoms with Crippen LogP contribution in [0, 0.1) is 0 Å². The van der Waals surface area contributed by atoms with Gasteiger partial charge in [-0.05, 0) is 51.4 Å². The van der Waals surface area contributed by atoms with Gasteiger partial charge in [0.05, 0.1) is 12.2 Å². The topological polar surface area (TPSA) is 42.0 Å². The molecule has 2 aliphatic heterocycles. The predicted octanol–water partition coefficient (Wildman–Crippen LogP) is 2.41. The number of carbonyl (C=O) groups is 1. The number of ether oxygens (including phenoxy) is 2. The van der Waals surface area contributed by atoms with Crippen LogP contribution in [0.1, 0.15) is 36.0 Å². The van der Waals surface area contributed by atoms with Gasteiger partial charge in [0.2, 0.25) is 0 Å². The molecule has 2 heterocycles. The summed E-state index contributed by atoms with van der Waals surface area (Å²) in [4.78, 5) is 17.7. The largest absolute Gasteiger partial charge is 0.490 e. The summed E-state index contributed by atoms with van der Waals surface area (Å²) in [6, 6.07) is 8.39. The van der Waals surface area contributed by atoms with Gasteiger partial charge in [-0.25, -0.2) is 0 Å². The van der Waals surface area contributed by atoms with Crippen molar-refractivity contribution in [3.63, 3.8) is 0 Å². The van der Waals surface area contributed by atoms with Crippen LogP contribution >= 0.6 is 0 Å². The molecule has 0 spiro atoms. The number of methoxy groups -OCH3 is 1. The van der Waals surface area contributed by atoms with Crippen molar-refractivity contribution in [2.24, 2.45) is 0 Å². The fraction of sp³-hybridized carbons (Fsp3) is 0.632. The summed E-state index contributed by atoms with van der Waals surface area (Å²) in [7, 11) is 3.83. The number of carbonyl (C=O) groups excluding carboxylic acids is 1. The van der Waals surface area contributed by atoms with Crippen molar-refractivity contribution in [2.45, 2.75) is 37.8 Å². The van der Waals surface area contributed by atoms with E-state index in [0.717, 1.165) is 25.9 Å². The Morgan fingerprint density at radius 3 is 2.62 bits per heavy atom. The number of para-hydroxylation sites is 1. The number of amides is 1. The van der Waals surface area contributed by atoms with Crippen LogP contribution in [0.3, 0.4) is 0 Å². The van der Waals surface area contributed by atoms with E-state index in [4.69, 9.17) is 9.47 Å². The van der Waals surface area contributed by atoms with E-state index in [1.165, 1.54) is 12.8 Å². The van der Waals surface area contributed by atoms with Gasteiger partial charge < -0.3 is 19.3 Å². The standard InChI is InChI=1S/C19H28N2O3/c1-20-11-5-8-16(20)17-9-6-12-21(17)19(22)15-7-3-4-10-18(15)24-14-13-23-2/h3-4,7,10,16-17H,5-6,8-9,11-14H2,1-2H3/t16-,17+/m1/s1. The van der Waals surface area contributed by atoms with Gasteiger partial charge in [0, 0.05) is 25.7 Å². The lowest BCUT2D eigenvalue weighted by atomic mass is 10.0. The average Bonchev–Trinajstić information content (AvgIpc) is 3.23. The van der Waals surface area contributed by atoms with Gasteiger partial charge >= 0.3 is 0 Å². The Labute approximate surface area is 144 Å². The van der Waals surface area contributed by atoms with Gasteiger partial charge in [0.15, 0.2) is 0 Å². The van der Waals surface area contributed by atoms with Gasteiger partial charge in [-0.1, -0.05) is 12.1 Å². The first-order valence-corrected chi connectivity index (χ1v) is 8.94. The summed E-state index contributed by atoms with van der Waals surface area (Å²) >= 11 is 0. The fourth-order valence-electron chi connectivity index (χ4n) is 4.03. The molecule has 132 valence electrons. The van der Waals surface area contributed by atoms with Crippen LogP contribution in [0.25, 0.3) is 0 Å². The Bertz CT molecular complexity index is 563. The number of likely N-dealkylation sites (N-methyl/N-ethyl adjacent to an activating group) is 1. The van der Waals surface area contributed by atoms with Crippen molar-refractivity contribution in [3.05, 3.63) is 29.8 Å². The Morgan fingerprint density at radius 2 is 1.88 bits per heavy atom. The minimum Gasteiger partial charge on any atom is -0.490 e. The molecule has 1 aromatic rings. The summed E-state index contributed by atoms with van der Waals surface area (Å²) in [6.07, 6.45) is 4.62. The third-order valence-corrected chi connectivity index (χ3v) is 5.24. The van der Waals surface area contributed by atoms with E-state index in [1.54, 1.807) is 7.11 Å². The van der Waals surface area contributed by atoms with Crippen molar-refractivity contribution in [2.75, 3.05) is 40.5 Å². The van der Waals surface area contributed by atoms with E-state index in [0.29, 0.717) is 36.6 Å². The Morgan fingerprint density at radius 1 is 1.12 bits per heavy atom. The van der Waals surface area contributed by atoms with Gasteiger partial charge in [-0.2, -0.15) is 0 Å². The maximum atomic E-state index is 13.2. The summed E-state index contributed by atoms with van der Waals surface area (Å²) in [5.74, 6) is 0.760. The molecule has 1 aromatic carbocycles. The molecule has 24 heavy (non-hydrogen) atoms. The minimum absolute atomic E-state index is 0.103. The maximum Gasteiger partial charge on any atom is 0.257 e. The van der Waals surface area contributed by atoms with E-state index < -0.39 is 0 Å². The van der Waals surface area contributed by atoms with E-state index in [2.05, 4.69) is 16.8 Å². The van der Waals surface area contributed by atoms with Crippen LogP contribution < -0.4 is 4.74 Å². The van der Waals surface area contributed by atoms with Crippen molar-refractivity contribution in [1.29, 1.82) is 0 Å². The molecule has 0 radical (unpaired) electrons. The van der Waals surface area contributed by atoms with E-state index in [1.807, 2.05) is 24.3 Å². The molecule has 2 atom stereocenters. The first kappa shape index (κ1) is 17.2. The zero-order valence-corrected chi connectivity index (χ0v) is 14.7. The number of benzene rings is 1. The van der Waals surface area contributed by atoms with Crippen LogP contribution in [-0.2, 0) is 4.74 Å². The quantitative estimate of drug-likeness (QED) is 0.750. The van der Waals surface area contributed by atoms with Crippen LogP contribution in [0.2, 0.25) is 0 Å². The summed E-state index contributed by atoms with van der Waals surface area (Å²) < 4.78 is 10.8. The molecule has 5 heteroatoms. The Balaban J connectivity index is 1.75. The predicted molar refractivity (Wildman–Crippen MR) is 93.5 cm³/mol. The highest BCUT2D eigenvalue weighted by Gasteiger charge is 2.39. The lowest BCUT2D eigenvalue weighted by Gasteiger charge is -2.33. The monoisotopic (exact) mass is 332 g/mol. The summed E-state index contributed by atoms with van der Waals surface area (Å²) in [5.41, 5.74) is 0.668. The number of hydrogen-bond acceptors (Lipinski definition) is 4. The summed E-state index contributed by atoms with van der Waals surface area (Å²) in [5, 5.41) is 0. The first-order chi connectivity index (χ1) is 11.7. The van der Waals surface area contributed by atoms with Gasteiger partial charge in [-0.15, -0.1) is 0 Å². The molecule has 0 bridgehead atoms. The molecule has 2 saturated heterocycles. The van der Waals surface area contributed by atoms with Gasteiger partial charge in [0.25, 0.3) is 5.91 Å². The fourth-order valence-corrected chi connectivity index (χ4v) is 4.03. The number of hydrogen-bond donors (Lipinski definition) is 0. The number of nitrogens with zero attached hydrogens (tertiary/aromatic N) is 2. The SMILES string of the molecule is COCCOc1ccccc1C(=O)N1CCC[C@H]1[C@H]1CCCN1C. The molecule has 1 amide bonds. The Hall–Kier alpha value is -1.59. The molecule has 5 nitrogen and oxygen atoms in total. The van der Waals surface area contributed by atoms with E-state index in [-0.39, 0.29) is 5.91 Å². The molecule has 2 fully saturated rings. The average molecular weight is 332 g/mol. The second-order valence-electron chi connectivity index (χ2n) is 6.74. The summed E-state index contributed by atoms with van der Waals surface area (Å²) in [6.45, 7) is 2.96. The lowest BCUT2D eigenvalue weighted by Crippen LogP contribution is -2.47. The van der Waals surface area contributed by atoms with E-state index >= 15 is 0 Å². The number of likely N-dealkylation sites (tertiary alicyclic amines) is 2. The second kappa shape index (κ2) is 7.99. The molecule has 0 N–H and O–H groups in total. The smallest absolute Gasteiger partial charge is 0.257 e. The zero-order chi connectivity index (χ0) is 16.9. The second-order valence-corrected chi connectivity index (χ2v) is 6.74. The molecular weight excluding hydrogens is 304 g/mol. The normalized spacial score (nSPS) is 24.5. The van der Waals surface area contributed by atoms with Crippen molar-refractivity contribution in [1.82, 2.24) is 9.80 Å². The molecule has 0 aromatic heterocycles. The molecule has 0 saturated carbocycles. The Kier molecular flexibility index (Phi) is 5.74. The molecular formula is C19H28N2O3. The first-order valence-electron chi connectivity index (χ1n) is 8.94. The van der Waals surface area contributed by atoms with Crippen LogP contribution in [0.15, 0.2) is 24.3 Å². The molecule has 3 rings (SSSR count). The molecule has 0 aliphatic carbocycles. The van der Waals surface area contributed by atoms with Crippen molar-refractivity contribution < 1.29 is 14.3 Å². The van der Waals surface area contributed by atoms with Crippen molar-refractivity contribution >= 4 is 5.91 Å². The van der Waals surface area contributed by atoms with Crippen molar-refractivity contribution in [3.8, 4) is 5.75 Å². The maximum absolute atomic E-state index is 13.2. The van der Waals surface area contributed by atoms with Gasteiger partial charge in [0.1, 0.15) is 12.4 Å². The van der Waals surface area contributed by atoms with E-state index in [9.17, 15) is 4.79 Å². The number of rotatable bonds is 6. The highest BCUT2D eigenvalue weighted by molar-refractivity contribution is 5.97. The minimum atomic E-state index is 0.103. The zero-order valence-electron chi connectivity index (χ0n) is 14.7. The highest BCUT2D eigenvalue weighted by atomic mass is 16.5. The highest BCUT2D eigenvalue weighted by Crippen LogP contribution is 2.31. The van der Waals surface area contributed by atoms with Gasteiger partial charge in [-0.3, -0.25) is 4.79 Å². The molecule has 2 aliphatic rings. The lowest BCUT2D eigenvalue weighted by molar-refractivity contribution is 0.0658. The third-order valence-electron chi connectivity index (χ3n) is 5.24. The van der Waals surface area contributed by atoms with Crippen LogP contribution in [-0.4, -0.2) is 68.3 Å². The third kappa shape index (κ3) is 3.57. The molecule has 0 unspecified atom stereocenters.